The van der Waals surface area contributed by atoms with Gasteiger partial charge in [0.15, 0.2) is 0 Å². The van der Waals surface area contributed by atoms with Crippen LogP contribution < -0.4 is 0 Å². The second-order valence-corrected chi connectivity index (χ2v) is 3.83. The minimum Gasteiger partial charge on any atom is -0.192 e. The number of nitriles is 2. The molecule has 0 radical (unpaired) electrons. The molecule has 0 atom stereocenters. The van der Waals surface area contributed by atoms with Gasteiger partial charge in [0.05, 0.1) is 0 Å². The van der Waals surface area contributed by atoms with Gasteiger partial charge in [0, 0.05) is 4.90 Å². The van der Waals surface area contributed by atoms with Crippen LogP contribution in [0.4, 0.5) is 0 Å². The highest BCUT2D eigenvalue weighted by atomic mass is 32.2. The average Bonchev–Trinajstić information content (AvgIpc) is 2.30. The van der Waals surface area contributed by atoms with Crippen molar-refractivity contribution >= 4 is 17.3 Å². The molecular weight excluding hydrogens is 204 g/mol. The summed E-state index contributed by atoms with van der Waals surface area (Å²) < 4.78 is 0. The van der Waals surface area contributed by atoms with Crippen molar-refractivity contribution in [2.75, 3.05) is 6.26 Å². The van der Waals surface area contributed by atoms with Crippen LogP contribution in [-0.2, 0) is 0 Å². The Morgan fingerprint density at radius 2 is 1.67 bits per heavy atom. The van der Waals surface area contributed by atoms with Crippen LogP contribution in [0.15, 0.2) is 34.7 Å². The van der Waals surface area contributed by atoms with Gasteiger partial charge in [0.2, 0.25) is 0 Å². The lowest BCUT2D eigenvalue weighted by molar-refractivity contribution is 1.41. The van der Waals surface area contributed by atoms with Crippen molar-refractivity contribution < 1.29 is 0 Å². The molecule has 0 aromatic heterocycles. The monoisotopic (exact) mass is 214 g/mol. The molecule has 2 nitrogen and oxygen atoms in total. The van der Waals surface area contributed by atoms with Gasteiger partial charge in [-0.3, -0.25) is 0 Å². The van der Waals surface area contributed by atoms with Crippen LogP contribution >= 0.6 is 11.8 Å². The van der Waals surface area contributed by atoms with E-state index in [9.17, 15) is 0 Å². The number of nitrogens with zero attached hydrogens (tertiary/aromatic N) is 2. The van der Waals surface area contributed by atoms with Gasteiger partial charge in [-0.15, -0.1) is 11.8 Å². The van der Waals surface area contributed by atoms with Crippen LogP contribution in [0, 0.1) is 22.7 Å². The Labute approximate surface area is 93.8 Å². The highest BCUT2D eigenvalue weighted by molar-refractivity contribution is 7.98. The molecule has 0 aliphatic carbocycles. The minimum absolute atomic E-state index is 0.173. The normalized spacial score (nSPS) is 8.80. The lowest BCUT2D eigenvalue weighted by atomic mass is 10.0. The third-order valence-electron chi connectivity index (χ3n) is 2.12. The molecule has 0 spiro atoms. The van der Waals surface area contributed by atoms with Gasteiger partial charge < -0.3 is 0 Å². The summed E-state index contributed by atoms with van der Waals surface area (Å²) in [7, 11) is 0. The second-order valence-electron chi connectivity index (χ2n) is 2.95. The third-order valence-corrected chi connectivity index (χ3v) is 2.87. The first-order chi connectivity index (χ1) is 7.22. The Morgan fingerprint density at radius 3 is 2.07 bits per heavy atom. The Hall–Kier alpha value is -1.71. The summed E-state index contributed by atoms with van der Waals surface area (Å²) in [6, 6.07) is 11.6. The molecule has 74 valence electrons. The van der Waals surface area contributed by atoms with E-state index in [1.165, 1.54) is 4.90 Å². The van der Waals surface area contributed by atoms with E-state index in [0.29, 0.717) is 0 Å². The van der Waals surface area contributed by atoms with E-state index in [1.54, 1.807) is 18.7 Å². The Morgan fingerprint density at radius 1 is 1.13 bits per heavy atom. The van der Waals surface area contributed by atoms with Gasteiger partial charge in [-0.05, 0) is 36.4 Å². The summed E-state index contributed by atoms with van der Waals surface area (Å²) in [5.74, 6) is 0. The SMILES string of the molecule is CSc1ccc(C(C)=C(C#N)C#N)cc1. The second kappa shape index (κ2) is 5.24. The van der Waals surface area contributed by atoms with Gasteiger partial charge in [-0.25, -0.2) is 0 Å². The summed E-state index contributed by atoms with van der Waals surface area (Å²) in [6.45, 7) is 1.79. The van der Waals surface area contributed by atoms with Gasteiger partial charge in [-0.2, -0.15) is 10.5 Å². The molecule has 0 fully saturated rings. The maximum atomic E-state index is 8.72. The van der Waals surface area contributed by atoms with Crippen molar-refractivity contribution in [1.29, 1.82) is 10.5 Å². The summed E-state index contributed by atoms with van der Waals surface area (Å²) in [6.07, 6.45) is 2.01. The van der Waals surface area contributed by atoms with E-state index in [1.807, 2.05) is 42.7 Å². The van der Waals surface area contributed by atoms with Crippen molar-refractivity contribution in [2.45, 2.75) is 11.8 Å². The van der Waals surface area contributed by atoms with Crippen molar-refractivity contribution in [1.82, 2.24) is 0 Å². The fraction of sp³-hybridized carbons (Fsp3) is 0.167. The zero-order valence-corrected chi connectivity index (χ0v) is 9.43. The summed E-state index contributed by atoms with van der Waals surface area (Å²) in [5, 5.41) is 17.4. The van der Waals surface area contributed by atoms with Crippen molar-refractivity contribution in [2.24, 2.45) is 0 Å². The fourth-order valence-electron chi connectivity index (χ4n) is 1.18. The fourth-order valence-corrected chi connectivity index (χ4v) is 1.59. The summed E-state index contributed by atoms with van der Waals surface area (Å²) >= 11 is 1.66. The van der Waals surface area contributed by atoms with Crippen LogP contribution in [0.25, 0.3) is 5.57 Å². The van der Waals surface area contributed by atoms with E-state index < -0.39 is 0 Å². The molecule has 1 rings (SSSR count). The molecule has 0 N–H and O–H groups in total. The molecule has 0 saturated carbocycles. The van der Waals surface area contributed by atoms with Crippen LogP contribution in [-0.4, -0.2) is 6.26 Å². The molecular formula is C12H10N2S. The van der Waals surface area contributed by atoms with Crippen LogP contribution in [0.1, 0.15) is 12.5 Å². The lowest BCUT2D eigenvalue weighted by Gasteiger charge is -2.02. The predicted molar refractivity (Wildman–Crippen MR) is 62.0 cm³/mol. The predicted octanol–water partition coefficient (Wildman–Crippen LogP) is 3.23. The molecule has 0 heterocycles. The molecule has 0 aliphatic rings. The number of allylic oxidation sites excluding steroid dienone is 2. The summed E-state index contributed by atoms with van der Waals surface area (Å²) in [4.78, 5) is 1.17. The molecule has 15 heavy (non-hydrogen) atoms. The highest BCUT2D eigenvalue weighted by Gasteiger charge is 2.03. The van der Waals surface area contributed by atoms with E-state index in [2.05, 4.69) is 0 Å². The first-order valence-electron chi connectivity index (χ1n) is 4.38. The first kappa shape index (κ1) is 11.4. The number of hydrogen-bond donors (Lipinski definition) is 0. The molecule has 3 heteroatoms. The van der Waals surface area contributed by atoms with E-state index in [0.717, 1.165) is 11.1 Å². The molecule has 1 aromatic rings. The third kappa shape index (κ3) is 2.62. The van der Waals surface area contributed by atoms with Crippen molar-refractivity contribution in [3.63, 3.8) is 0 Å². The standard InChI is InChI=1S/C12H10N2S/c1-9(11(7-13)8-14)10-3-5-12(15-2)6-4-10/h3-6H,1-2H3. The number of thioether (sulfide) groups is 1. The Kier molecular flexibility index (Phi) is 3.97. The molecule has 0 aliphatic heterocycles. The maximum Gasteiger partial charge on any atom is 0.133 e. The zero-order chi connectivity index (χ0) is 11.3. The number of benzene rings is 1. The van der Waals surface area contributed by atoms with E-state index in [4.69, 9.17) is 10.5 Å². The smallest absolute Gasteiger partial charge is 0.133 e. The van der Waals surface area contributed by atoms with Gasteiger partial charge in [0.25, 0.3) is 0 Å². The topological polar surface area (TPSA) is 47.6 Å². The Bertz CT molecular complexity index is 442. The molecule has 0 saturated heterocycles. The molecule has 0 amide bonds. The first-order valence-corrected chi connectivity index (χ1v) is 5.61. The van der Waals surface area contributed by atoms with Crippen molar-refractivity contribution in [3.8, 4) is 12.1 Å². The number of rotatable bonds is 2. The van der Waals surface area contributed by atoms with Crippen LogP contribution in [0.2, 0.25) is 0 Å². The maximum absolute atomic E-state index is 8.72. The van der Waals surface area contributed by atoms with Crippen LogP contribution in [0.3, 0.4) is 0 Å². The molecule has 0 bridgehead atoms. The quantitative estimate of drug-likeness (QED) is 0.561. The molecule has 1 aromatic carbocycles. The van der Waals surface area contributed by atoms with E-state index in [-0.39, 0.29) is 5.57 Å². The Balaban J connectivity index is 3.14. The van der Waals surface area contributed by atoms with Gasteiger partial charge >= 0.3 is 0 Å². The summed E-state index contributed by atoms with van der Waals surface area (Å²) in [5.41, 5.74) is 1.82. The van der Waals surface area contributed by atoms with Gasteiger partial charge in [0.1, 0.15) is 17.7 Å². The zero-order valence-electron chi connectivity index (χ0n) is 8.61. The lowest BCUT2D eigenvalue weighted by Crippen LogP contribution is -1.84. The van der Waals surface area contributed by atoms with Gasteiger partial charge in [-0.1, -0.05) is 12.1 Å². The highest BCUT2D eigenvalue weighted by Crippen LogP contribution is 2.21. The van der Waals surface area contributed by atoms with E-state index >= 15 is 0 Å². The van der Waals surface area contributed by atoms with Crippen LogP contribution in [0.5, 0.6) is 0 Å². The largest absolute Gasteiger partial charge is 0.192 e. The molecule has 0 unspecified atom stereocenters. The van der Waals surface area contributed by atoms with Crippen molar-refractivity contribution in [3.05, 3.63) is 35.4 Å². The average molecular weight is 214 g/mol. The number of hydrogen-bond acceptors (Lipinski definition) is 3. The minimum atomic E-state index is 0.173.